The van der Waals surface area contributed by atoms with E-state index >= 15 is 0 Å². The number of nitrogens with zero attached hydrogens (tertiary/aromatic N) is 1. The predicted molar refractivity (Wildman–Crippen MR) is 73.6 cm³/mol. The van der Waals surface area contributed by atoms with Gasteiger partial charge in [0.05, 0.1) is 6.61 Å². The molecule has 4 heteroatoms. The van der Waals surface area contributed by atoms with E-state index < -0.39 is 5.54 Å². The lowest BCUT2D eigenvalue weighted by Crippen LogP contribution is -2.61. The molecule has 0 aromatic carbocycles. The van der Waals surface area contributed by atoms with Crippen molar-refractivity contribution < 1.29 is 9.53 Å². The summed E-state index contributed by atoms with van der Waals surface area (Å²) < 4.78 is 5.26. The molecule has 0 aromatic rings. The second-order valence-corrected chi connectivity index (χ2v) is 5.73. The third kappa shape index (κ3) is 3.69. The minimum Gasteiger partial charge on any atom is -0.465 e. The van der Waals surface area contributed by atoms with Gasteiger partial charge in [0.1, 0.15) is 5.54 Å². The van der Waals surface area contributed by atoms with Gasteiger partial charge in [-0.05, 0) is 47.5 Å². The number of likely N-dealkylation sites (tertiary alicyclic amines) is 1. The highest BCUT2D eigenvalue weighted by Crippen LogP contribution is 2.25. The zero-order chi connectivity index (χ0) is 13.8. The Morgan fingerprint density at radius 1 is 1.28 bits per heavy atom. The van der Waals surface area contributed by atoms with Gasteiger partial charge in [-0.25, -0.2) is 0 Å². The summed E-state index contributed by atoms with van der Waals surface area (Å²) in [7, 11) is 0. The molecule has 1 N–H and O–H groups in total. The normalized spacial score (nSPS) is 20.4. The fourth-order valence-corrected chi connectivity index (χ4v) is 2.65. The topological polar surface area (TPSA) is 41.6 Å². The summed E-state index contributed by atoms with van der Waals surface area (Å²) in [6, 6.07) is 0.837. The Hall–Kier alpha value is -0.610. The Balaban J connectivity index is 2.72. The first-order valence-electron chi connectivity index (χ1n) is 7.10. The van der Waals surface area contributed by atoms with Crippen LogP contribution in [-0.2, 0) is 9.53 Å². The second kappa shape index (κ2) is 6.53. The summed E-state index contributed by atoms with van der Waals surface area (Å²) in [6.45, 7) is 12.8. The summed E-state index contributed by atoms with van der Waals surface area (Å²) in [5.74, 6) is -0.0814. The first-order chi connectivity index (χ1) is 8.41. The Bertz CT molecular complexity index is 269. The van der Waals surface area contributed by atoms with Gasteiger partial charge in [0.25, 0.3) is 0 Å². The molecule has 0 amide bonds. The van der Waals surface area contributed by atoms with E-state index in [1.54, 1.807) is 0 Å². The van der Waals surface area contributed by atoms with Gasteiger partial charge < -0.3 is 9.64 Å². The lowest BCUT2D eigenvalue weighted by atomic mass is 9.86. The van der Waals surface area contributed by atoms with Crippen LogP contribution in [0.5, 0.6) is 0 Å². The van der Waals surface area contributed by atoms with Gasteiger partial charge >= 0.3 is 5.97 Å². The minimum atomic E-state index is -0.477. The molecule has 0 atom stereocenters. The van der Waals surface area contributed by atoms with E-state index in [1.165, 1.54) is 0 Å². The quantitative estimate of drug-likeness (QED) is 0.762. The molecule has 0 aliphatic carbocycles. The fourth-order valence-electron chi connectivity index (χ4n) is 2.65. The number of rotatable bonds is 5. The van der Waals surface area contributed by atoms with Crippen molar-refractivity contribution in [1.82, 2.24) is 10.2 Å². The average molecular weight is 256 g/mol. The number of esters is 1. The molecule has 1 fully saturated rings. The van der Waals surface area contributed by atoms with Crippen molar-refractivity contribution in [2.75, 3.05) is 19.7 Å². The molecule has 1 saturated heterocycles. The number of carbonyl (C=O) groups excluding carboxylic acids is 1. The molecule has 0 radical (unpaired) electrons. The molecule has 0 aromatic heterocycles. The first-order valence-corrected chi connectivity index (χ1v) is 7.10. The largest absolute Gasteiger partial charge is 0.465 e. The molecular formula is C14H28N2O2. The molecule has 1 aliphatic heterocycles. The number of ether oxygens (including phenoxy) is 1. The lowest BCUT2D eigenvalue weighted by Gasteiger charge is -2.42. The van der Waals surface area contributed by atoms with Crippen LogP contribution in [-0.4, -0.2) is 48.2 Å². The molecule has 106 valence electrons. The van der Waals surface area contributed by atoms with E-state index in [-0.39, 0.29) is 5.97 Å². The third-order valence-electron chi connectivity index (χ3n) is 3.61. The van der Waals surface area contributed by atoms with Crippen molar-refractivity contribution in [2.45, 2.75) is 65.1 Å². The summed E-state index contributed by atoms with van der Waals surface area (Å²) in [6.07, 6.45) is 1.67. The van der Waals surface area contributed by atoms with Crippen LogP contribution in [0.15, 0.2) is 0 Å². The average Bonchev–Trinajstić information content (AvgIpc) is 2.29. The van der Waals surface area contributed by atoms with Crippen molar-refractivity contribution in [1.29, 1.82) is 0 Å². The summed E-state index contributed by atoms with van der Waals surface area (Å²) >= 11 is 0. The first kappa shape index (κ1) is 15.4. The van der Waals surface area contributed by atoms with Crippen LogP contribution in [0.1, 0.15) is 47.5 Å². The maximum absolute atomic E-state index is 12.2. The number of piperidine rings is 1. The molecule has 0 spiro atoms. The number of nitrogens with one attached hydrogen (secondary N) is 1. The van der Waals surface area contributed by atoms with Gasteiger partial charge in [-0.3, -0.25) is 10.1 Å². The van der Waals surface area contributed by atoms with Gasteiger partial charge in [-0.15, -0.1) is 0 Å². The molecule has 1 rings (SSSR count). The predicted octanol–water partition coefficient (Wildman–Crippen LogP) is 1.79. The zero-order valence-corrected chi connectivity index (χ0v) is 12.5. The molecule has 18 heavy (non-hydrogen) atoms. The van der Waals surface area contributed by atoms with Crippen LogP contribution in [0.3, 0.4) is 0 Å². The van der Waals surface area contributed by atoms with E-state index in [2.05, 4.69) is 37.9 Å². The Morgan fingerprint density at radius 2 is 1.83 bits per heavy atom. The Kier molecular flexibility index (Phi) is 5.60. The molecule has 1 heterocycles. The van der Waals surface area contributed by atoms with Gasteiger partial charge in [-0.2, -0.15) is 0 Å². The molecular weight excluding hydrogens is 228 g/mol. The smallest absolute Gasteiger partial charge is 0.326 e. The number of hydrogen-bond acceptors (Lipinski definition) is 4. The SMILES string of the molecule is CCOC(=O)C1(NC(C)C)CCN(C(C)C)CC1. The van der Waals surface area contributed by atoms with Crippen molar-refractivity contribution in [3.63, 3.8) is 0 Å². The van der Waals surface area contributed by atoms with Crippen LogP contribution in [0, 0.1) is 0 Å². The lowest BCUT2D eigenvalue weighted by molar-refractivity contribution is -0.154. The Labute approximate surface area is 111 Å². The highest BCUT2D eigenvalue weighted by atomic mass is 16.5. The summed E-state index contributed by atoms with van der Waals surface area (Å²) in [5.41, 5.74) is -0.477. The second-order valence-electron chi connectivity index (χ2n) is 5.73. The van der Waals surface area contributed by atoms with E-state index in [4.69, 9.17) is 4.74 Å². The van der Waals surface area contributed by atoms with Gasteiger partial charge in [0.15, 0.2) is 0 Å². The monoisotopic (exact) mass is 256 g/mol. The number of hydrogen-bond donors (Lipinski definition) is 1. The van der Waals surface area contributed by atoms with Crippen LogP contribution < -0.4 is 5.32 Å². The van der Waals surface area contributed by atoms with Gasteiger partial charge in [0.2, 0.25) is 0 Å². The van der Waals surface area contributed by atoms with Crippen molar-refractivity contribution in [3.8, 4) is 0 Å². The van der Waals surface area contributed by atoms with E-state index in [9.17, 15) is 4.79 Å². The highest BCUT2D eigenvalue weighted by molar-refractivity contribution is 5.81. The minimum absolute atomic E-state index is 0.0814. The summed E-state index contributed by atoms with van der Waals surface area (Å²) in [4.78, 5) is 14.6. The van der Waals surface area contributed by atoms with Crippen LogP contribution in [0.4, 0.5) is 0 Å². The van der Waals surface area contributed by atoms with E-state index in [1.807, 2.05) is 6.92 Å². The maximum atomic E-state index is 12.2. The third-order valence-corrected chi connectivity index (χ3v) is 3.61. The van der Waals surface area contributed by atoms with Gasteiger partial charge in [-0.1, -0.05) is 0 Å². The van der Waals surface area contributed by atoms with Crippen molar-refractivity contribution >= 4 is 5.97 Å². The number of carbonyl (C=O) groups is 1. The van der Waals surface area contributed by atoms with E-state index in [0.717, 1.165) is 25.9 Å². The zero-order valence-electron chi connectivity index (χ0n) is 12.5. The molecule has 4 nitrogen and oxygen atoms in total. The fraction of sp³-hybridized carbons (Fsp3) is 0.929. The molecule has 1 aliphatic rings. The Morgan fingerprint density at radius 3 is 2.22 bits per heavy atom. The highest BCUT2D eigenvalue weighted by Gasteiger charge is 2.43. The molecule has 0 unspecified atom stereocenters. The molecule has 0 bridgehead atoms. The summed E-state index contributed by atoms with van der Waals surface area (Å²) in [5, 5.41) is 3.44. The van der Waals surface area contributed by atoms with Crippen LogP contribution in [0.25, 0.3) is 0 Å². The maximum Gasteiger partial charge on any atom is 0.326 e. The standard InChI is InChI=1S/C14H28N2O2/c1-6-18-13(17)14(15-11(2)3)7-9-16(10-8-14)12(4)5/h11-12,15H,6-10H2,1-5H3. The van der Waals surface area contributed by atoms with E-state index in [0.29, 0.717) is 18.7 Å². The van der Waals surface area contributed by atoms with Crippen LogP contribution in [0.2, 0.25) is 0 Å². The van der Waals surface area contributed by atoms with Crippen LogP contribution >= 0.6 is 0 Å². The molecule has 0 saturated carbocycles. The van der Waals surface area contributed by atoms with Gasteiger partial charge in [0, 0.05) is 25.2 Å². The van der Waals surface area contributed by atoms with Crippen molar-refractivity contribution in [3.05, 3.63) is 0 Å². The van der Waals surface area contributed by atoms with Crippen molar-refractivity contribution in [2.24, 2.45) is 0 Å².